The van der Waals surface area contributed by atoms with E-state index in [1.54, 1.807) is 26.3 Å². The van der Waals surface area contributed by atoms with Crippen LogP contribution in [0.15, 0.2) is 84.3 Å². The third-order valence-corrected chi connectivity index (χ3v) is 6.03. The number of imidazole rings is 1. The molecular weight excluding hydrogens is 432 g/mol. The number of amides is 1. The van der Waals surface area contributed by atoms with Crippen molar-refractivity contribution in [3.63, 3.8) is 0 Å². The number of carbonyl (C=O) groups excluding carboxylic acids is 1. The summed E-state index contributed by atoms with van der Waals surface area (Å²) < 4.78 is 14.7. The van der Waals surface area contributed by atoms with Crippen LogP contribution in [0.5, 0.6) is 17.4 Å². The maximum absolute atomic E-state index is 13.8. The maximum Gasteiger partial charge on any atom is 0.334 e. The molecule has 0 spiro atoms. The van der Waals surface area contributed by atoms with Crippen LogP contribution in [0.1, 0.15) is 12.5 Å². The molecule has 1 fully saturated rings. The first-order valence-corrected chi connectivity index (χ1v) is 11.0. The van der Waals surface area contributed by atoms with Crippen LogP contribution >= 0.6 is 0 Å². The van der Waals surface area contributed by atoms with Crippen molar-refractivity contribution in [1.82, 2.24) is 19.0 Å². The summed E-state index contributed by atoms with van der Waals surface area (Å²) in [6.07, 6.45) is 3.60. The number of para-hydroxylation sites is 1. The zero-order valence-corrected chi connectivity index (χ0v) is 18.8. The van der Waals surface area contributed by atoms with Gasteiger partial charge >= 0.3 is 5.69 Å². The molecule has 0 N–H and O–H groups in total. The van der Waals surface area contributed by atoms with E-state index >= 15 is 0 Å². The summed E-state index contributed by atoms with van der Waals surface area (Å²) in [6.45, 7) is 4.59. The Morgan fingerprint density at radius 1 is 1.09 bits per heavy atom. The Bertz CT molecular complexity index is 1410. The van der Waals surface area contributed by atoms with Gasteiger partial charge < -0.3 is 14.4 Å². The van der Waals surface area contributed by atoms with Crippen molar-refractivity contribution in [2.45, 2.75) is 12.5 Å². The monoisotopic (exact) mass is 456 g/mol. The number of rotatable bonds is 6. The molecule has 1 saturated heterocycles. The molecule has 1 atom stereocenters. The Kier molecular flexibility index (Phi) is 5.63. The van der Waals surface area contributed by atoms with Gasteiger partial charge in [0.05, 0.1) is 24.4 Å². The highest BCUT2D eigenvalue weighted by Crippen LogP contribution is 2.31. The van der Waals surface area contributed by atoms with Crippen LogP contribution < -0.4 is 15.2 Å². The number of likely N-dealkylation sites (tertiary alicyclic amines) is 1. The minimum Gasteiger partial charge on any atom is -0.479 e. The van der Waals surface area contributed by atoms with Crippen molar-refractivity contribution in [2.24, 2.45) is 0 Å². The standard InChI is InChI=1S/C26H24N4O4/c1-3-23(31)28-16-14-19(17-28)29-22-13-15-27-25(33-2)24(22)30(26(29)32)18-9-11-21(12-10-18)34-20-7-5-4-6-8-20/h3-13,15,19H,1,14,16-17H2,2H3. The lowest BCUT2D eigenvalue weighted by atomic mass is 10.2. The number of nitrogens with zero attached hydrogens (tertiary/aromatic N) is 4. The molecule has 3 heterocycles. The maximum atomic E-state index is 13.8. The van der Waals surface area contributed by atoms with Gasteiger partial charge in [-0.3, -0.25) is 13.9 Å². The van der Waals surface area contributed by atoms with E-state index in [-0.39, 0.29) is 17.6 Å². The summed E-state index contributed by atoms with van der Waals surface area (Å²) in [5.74, 6) is 1.61. The molecule has 5 rings (SSSR count). The number of aromatic nitrogens is 3. The molecule has 34 heavy (non-hydrogen) atoms. The van der Waals surface area contributed by atoms with Gasteiger partial charge in [-0.25, -0.2) is 9.78 Å². The number of benzene rings is 2. The van der Waals surface area contributed by atoms with Crippen molar-refractivity contribution in [2.75, 3.05) is 20.2 Å². The fourth-order valence-corrected chi connectivity index (χ4v) is 4.45. The molecule has 172 valence electrons. The Morgan fingerprint density at radius 2 is 1.82 bits per heavy atom. The van der Waals surface area contributed by atoms with Crippen LogP contribution in [-0.2, 0) is 4.79 Å². The fraction of sp³-hybridized carbons (Fsp3) is 0.192. The number of pyridine rings is 1. The minimum atomic E-state index is -0.212. The van der Waals surface area contributed by atoms with Gasteiger partial charge in [-0.15, -0.1) is 0 Å². The van der Waals surface area contributed by atoms with Crippen LogP contribution in [0.3, 0.4) is 0 Å². The van der Waals surface area contributed by atoms with Crippen LogP contribution in [-0.4, -0.2) is 45.1 Å². The summed E-state index contributed by atoms with van der Waals surface area (Å²) in [4.78, 5) is 31.9. The SMILES string of the molecule is C=CC(=O)N1CCC(n2c(=O)n(-c3ccc(Oc4ccccc4)cc3)c3c(OC)nccc32)C1. The normalized spacial score (nSPS) is 15.4. The second-order valence-electron chi connectivity index (χ2n) is 8.02. The van der Waals surface area contributed by atoms with Gasteiger partial charge in [0.15, 0.2) is 0 Å². The lowest BCUT2D eigenvalue weighted by Gasteiger charge is -2.15. The molecule has 8 nitrogen and oxygen atoms in total. The lowest BCUT2D eigenvalue weighted by Crippen LogP contribution is -2.31. The van der Waals surface area contributed by atoms with Gasteiger partial charge in [-0.1, -0.05) is 24.8 Å². The molecule has 1 unspecified atom stereocenters. The average molecular weight is 457 g/mol. The second kappa shape index (κ2) is 8.90. The molecule has 0 saturated carbocycles. The molecule has 1 aliphatic rings. The molecule has 4 aromatic rings. The third-order valence-electron chi connectivity index (χ3n) is 6.03. The number of hydrogen-bond donors (Lipinski definition) is 0. The first-order valence-electron chi connectivity index (χ1n) is 11.0. The highest BCUT2D eigenvalue weighted by Gasteiger charge is 2.31. The van der Waals surface area contributed by atoms with E-state index < -0.39 is 0 Å². The summed E-state index contributed by atoms with van der Waals surface area (Å²) >= 11 is 0. The van der Waals surface area contributed by atoms with Gasteiger partial charge in [0.25, 0.3) is 0 Å². The molecule has 2 aromatic carbocycles. The number of methoxy groups -OCH3 is 1. The van der Waals surface area contributed by atoms with Crippen molar-refractivity contribution < 1.29 is 14.3 Å². The largest absolute Gasteiger partial charge is 0.479 e. The first kappa shape index (κ1) is 21.5. The summed E-state index contributed by atoms with van der Waals surface area (Å²) in [5, 5.41) is 0. The Morgan fingerprint density at radius 3 is 2.53 bits per heavy atom. The molecule has 8 heteroatoms. The van der Waals surface area contributed by atoms with Crippen LogP contribution in [0.4, 0.5) is 0 Å². The number of hydrogen-bond acceptors (Lipinski definition) is 5. The summed E-state index contributed by atoms with van der Waals surface area (Å²) in [6, 6.07) is 18.5. The summed E-state index contributed by atoms with van der Waals surface area (Å²) in [7, 11) is 1.53. The zero-order valence-electron chi connectivity index (χ0n) is 18.8. The van der Waals surface area contributed by atoms with E-state index in [4.69, 9.17) is 9.47 Å². The van der Waals surface area contributed by atoms with Crippen LogP contribution in [0.25, 0.3) is 16.7 Å². The van der Waals surface area contributed by atoms with E-state index in [1.807, 2.05) is 54.6 Å². The predicted octanol–water partition coefficient (Wildman–Crippen LogP) is 3.95. The van der Waals surface area contributed by atoms with Crippen LogP contribution in [0.2, 0.25) is 0 Å². The number of carbonyl (C=O) groups is 1. The number of ether oxygens (including phenoxy) is 2. The molecule has 1 amide bonds. The molecule has 2 aromatic heterocycles. The quantitative estimate of drug-likeness (QED) is 0.411. The average Bonchev–Trinajstić information content (AvgIpc) is 3.46. The molecule has 0 aliphatic carbocycles. The smallest absolute Gasteiger partial charge is 0.334 e. The molecule has 0 radical (unpaired) electrons. The zero-order chi connectivity index (χ0) is 23.7. The van der Waals surface area contributed by atoms with Gasteiger partial charge in [-0.05, 0) is 55.0 Å². The van der Waals surface area contributed by atoms with E-state index in [1.165, 1.54) is 13.2 Å². The molecular formula is C26H24N4O4. The Hall–Kier alpha value is -4.33. The fourth-order valence-electron chi connectivity index (χ4n) is 4.45. The van der Waals surface area contributed by atoms with Crippen molar-refractivity contribution in [1.29, 1.82) is 0 Å². The van der Waals surface area contributed by atoms with E-state index in [2.05, 4.69) is 11.6 Å². The first-order chi connectivity index (χ1) is 16.6. The van der Waals surface area contributed by atoms with Crippen molar-refractivity contribution in [3.8, 4) is 23.1 Å². The van der Waals surface area contributed by atoms with E-state index in [9.17, 15) is 9.59 Å². The van der Waals surface area contributed by atoms with Gasteiger partial charge in [0.2, 0.25) is 11.8 Å². The third kappa shape index (κ3) is 3.73. The highest BCUT2D eigenvalue weighted by atomic mass is 16.5. The van der Waals surface area contributed by atoms with Crippen molar-refractivity contribution in [3.05, 3.63) is 90.0 Å². The van der Waals surface area contributed by atoms with E-state index in [0.717, 1.165) is 5.75 Å². The predicted molar refractivity (Wildman–Crippen MR) is 129 cm³/mol. The van der Waals surface area contributed by atoms with Crippen molar-refractivity contribution >= 4 is 16.9 Å². The lowest BCUT2D eigenvalue weighted by molar-refractivity contribution is -0.125. The number of fused-ring (bicyclic) bond motifs is 1. The van der Waals surface area contributed by atoms with Gasteiger partial charge in [0, 0.05) is 19.3 Å². The van der Waals surface area contributed by atoms with Gasteiger partial charge in [-0.2, -0.15) is 0 Å². The summed E-state index contributed by atoms with van der Waals surface area (Å²) in [5.41, 5.74) is 1.74. The molecule has 0 bridgehead atoms. The minimum absolute atomic E-state index is 0.132. The molecule has 1 aliphatic heterocycles. The topological polar surface area (TPSA) is 78.6 Å². The highest BCUT2D eigenvalue weighted by molar-refractivity contribution is 5.87. The van der Waals surface area contributed by atoms with Crippen LogP contribution in [0, 0.1) is 0 Å². The Balaban J connectivity index is 1.58. The van der Waals surface area contributed by atoms with E-state index in [0.29, 0.717) is 47.9 Å². The Labute approximate surface area is 196 Å². The second-order valence-corrected chi connectivity index (χ2v) is 8.02. The van der Waals surface area contributed by atoms with Gasteiger partial charge in [0.1, 0.15) is 17.0 Å².